The smallest absolute Gasteiger partial charge is 0.236 e. The summed E-state index contributed by atoms with van der Waals surface area (Å²) in [5.74, 6) is 2.05. The molecule has 2 N–H and O–H groups in total. The van der Waals surface area contributed by atoms with Gasteiger partial charge < -0.3 is 14.7 Å². The monoisotopic (exact) mass is 266 g/mol. The summed E-state index contributed by atoms with van der Waals surface area (Å²) in [6, 6.07) is 9.58. The molecule has 2 rings (SSSR count). The van der Waals surface area contributed by atoms with Crippen LogP contribution in [0.5, 0.6) is 0 Å². The van der Waals surface area contributed by atoms with Gasteiger partial charge in [-0.15, -0.1) is 11.8 Å². The lowest BCUT2D eigenvalue weighted by Gasteiger charge is -2.03. The topological polar surface area (TPSA) is 79.4 Å². The van der Waals surface area contributed by atoms with E-state index in [1.54, 1.807) is 0 Å². The minimum atomic E-state index is -0.702. The average Bonchev–Trinajstić information content (AvgIpc) is 2.88. The highest BCUT2D eigenvalue weighted by atomic mass is 32.2. The molecule has 96 valence electrons. The average molecular weight is 266 g/mol. The molecule has 0 spiro atoms. The van der Waals surface area contributed by atoms with E-state index in [1.807, 2.05) is 30.3 Å². The molecule has 1 heterocycles. The fraction of sp³-hybridized carbons (Fsp3) is 0.333. The predicted molar refractivity (Wildman–Crippen MR) is 69.0 cm³/mol. The molecular weight excluding hydrogens is 252 g/mol. The second-order valence-electron chi connectivity index (χ2n) is 3.73. The molecule has 5 nitrogen and oxygen atoms in total. The summed E-state index contributed by atoms with van der Waals surface area (Å²) in [7, 11) is 0. The van der Waals surface area contributed by atoms with E-state index >= 15 is 0 Å². The Bertz CT molecular complexity index is 475. The molecule has 0 saturated heterocycles. The van der Waals surface area contributed by atoms with Crippen LogP contribution in [0.4, 0.5) is 0 Å². The normalized spacial score (nSPS) is 12.6. The fourth-order valence-electron chi connectivity index (χ4n) is 1.35. The van der Waals surface area contributed by atoms with Crippen molar-refractivity contribution in [2.24, 2.45) is 0 Å². The quantitative estimate of drug-likeness (QED) is 0.821. The van der Waals surface area contributed by atoms with Crippen LogP contribution in [0.2, 0.25) is 0 Å². The third-order valence-electron chi connectivity index (χ3n) is 2.25. The SMILES string of the molecule is OCC(O)CSCc1nc(-c2ccccc2)no1. The molecule has 1 atom stereocenters. The van der Waals surface area contributed by atoms with Gasteiger partial charge in [0.15, 0.2) is 0 Å². The summed E-state index contributed by atoms with van der Waals surface area (Å²) < 4.78 is 5.11. The Morgan fingerprint density at radius 3 is 2.78 bits per heavy atom. The van der Waals surface area contributed by atoms with Crippen molar-refractivity contribution in [1.82, 2.24) is 10.1 Å². The van der Waals surface area contributed by atoms with Crippen molar-refractivity contribution < 1.29 is 14.7 Å². The summed E-state index contributed by atoms with van der Waals surface area (Å²) in [5.41, 5.74) is 0.910. The van der Waals surface area contributed by atoms with Gasteiger partial charge in [-0.1, -0.05) is 35.5 Å². The van der Waals surface area contributed by atoms with E-state index in [4.69, 9.17) is 9.63 Å². The van der Waals surface area contributed by atoms with Gasteiger partial charge in [-0.25, -0.2) is 0 Å². The van der Waals surface area contributed by atoms with E-state index in [1.165, 1.54) is 11.8 Å². The maximum Gasteiger partial charge on any atom is 0.236 e. The van der Waals surface area contributed by atoms with E-state index in [-0.39, 0.29) is 6.61 Å². The molecule has 18 heavy (non-hydrogen) atoms. The third-order valence-corrected chi connectivity index (χ3v) is 3.32. The van der Waals surface area contributed by atoms with Crippen LogP contribution in [0, 0.1) is 0 Å². The first-order valence-electron chi connectivity index (χ1n) is 5.54. The molecule has 1 aromatic heterocycles. The third kappa shape index (κ3) is 3.56. The summed E-state index contributed by atoms with van der Waals surface area (Å²) in [6.45, 7) is -0.230. The van der Waals surface area contributed by atoms with E-state index in [9.17, 15) is 5.11 Å². The summed E-state index contributed by atoms with van der Waals surface area (Å²) >= 11 is 1.44. The molecule has 0 aliphatic carbocycles. The number of hydrogen-bond acceptors (Lipinski definition) is 6. The van der Waals surface area contributed by atoms with Crippen LogP contribution in [0.1, 0.15) is 5.89 Å². The second kappa shape index (κ2) is 6.53. The Morgan fingerprint density at radius 2 is 2.06 bits per heavy atom. The number of rotatable bonds is 6. The van der Waals surface area contributed by atoms with E-state index in [0.717, 1.165) is 5.56 Å². The molecule has 6 heteroatoms. The molecule has 0 fully saturated rings. The number of nitrogens with zero attached hydrogens (tertiary/aromatic N) is 2. The maximum absolute atomic E-state index is 9.18. The van der Waals surface area contributed by atoms with Gasteiger partial charge in [0.1, 0.15) is 0 Å². The van der Waals surface area contributed by atoms with Crippen LogP contribution in [0.25, 0.3) is 11.4 Å². The molecule has 1 unspecified atom stereocenters. The van der Waals surface area contributed by atoms with Gasteiger partial charge in [-0.05, 0) is 0 Å². The Morgan fingerprint density at radius 1 is 1.28 bits per heavy atom. The van der Waals surface area contributed by atoms with Crippen molar-refractivity contribution in [3.05, 3.63) is 36.2 Å². The lowest BCUT2D eigenvalue weighted by atomic mass is 10.2. The zero-order valence-corrected chi connectivity index (χ0v) is 10.5. The number of hydrogen-bond donors (Lipinski definition) is 2. The van der Waals surface area contributed by atoms with Crippen LogP contribution < -0.4 is 0 Å². The lowest BCUT2D eigenvalue weighted by molar-refractivity contribution is 0.113. The van der Waals surface area contributed by atoms with E-state index < -0.39 is 6.10 Å². The largest absolute Gasteiger partial charge is 0.394 e. The molecule has 0 aliphatic rings. The van der Waals surface area contributed by atoms with Crippen molar-refractivity contribution in [3.8, 4) is 11.4 Å². The Labute approximate surface area is 109 Å². The van der Waals surface area contributed by atoms with Gasteiger partial charge in [-0.3, -0.25) is 0 Å². The maximum atomic E-state index is 9.18. The molecular formula is C12H14N2O3S. The van der Waals surface area contributed by atoms with Gasteiger partial charge in [0, 0.05) is 11.3 Å². The number of aliphatic hydroxyl groups excluding tert-OH is 2. The first-order chi connectivity index (χ1) is 8.79. The highest BCUT2D eigenvalue weighted by Gasteiger charge is 2.09. The highest BCUT2D eigenvalue weighted by molar-refractivity contribution is 7.98. The van der Waals surface area contributed by atoms with Crippen molar-refractivity contribution in [3.63, 3.8) is 0 Å². The summed E-state index contributed by atoms with van der Waals surface area (Å²) in [5, 5.41) is 21.7. The lowest BCUT2D eigenvalue weighted by Crippen LogP contribution is -2.14. The Kier molecular flexibility index (Phi) is 4.74. The van der Waals surface area contributed by atoms with Gasteiger partial charge in [0.25, 0.3) is 0 Å². The van der Waals surface area contributed by atoms with E-state index in [2.05, 4.69) is 10.1 Å². The number of aromatic nitrogens is 2. The minimum absolute atomic E-state index is 0.230. The molecule has 0 aliphatic heterocycles. The molecule has 0 amide bonds. The van der Waals surface area contributed by atoms with Crippen LogP contribution in [0.3, 0.4) is 0 Å². The first kappa shape index (κ1) is 13.1. The van der Waals surface area contributed by atoms with Crippen LogP contribution in [0.15, 0.2) is 34.9 Å². The Hall–Kier alpha value is -1.37. The first-order valence-corrected chi connectivity index (χ1v) is 6.69. The van der Waals surface area contributed by atoms with Gasteiger partial charge in [0.05, 0.1) is 18.5 Å². The Balaban J connectivity index is 1.91. The molecule has 0 bridgehead atoms. The van der Waals surface area contributed by atoms with Crippen molar-refractivity contribution in [2.45, 2.75) is 11.9 Å². The van der Waals surface area contributed by atoms with Crippen LogP contribution in [-0.4, -0.2) is 38.8 Å². The predicted octanol–water partition coefficient (Wildman–Crippen LogP) is 1.32. The van der Waals surface area contributed by atoms with Crippen molar-refractivity contribution in [2.75, 3.05) is 12.4 Å². The summed E-state index contributed by atoms with van der Waals surface area (Å²) in [4.78, 5) is 4.26. The molecule has 0 saturated carbocycles. The van der Waals surface area contributed by atoms with Crippen molar-refractivity contribution in [1.29, 1.82) is 0 Å². The van der Waals surface area contributed by atoms with Crippen molar-refractivity contribution >= 4 is 11.8 Å². The minimum Gasteiger partial charge on any atom is -0.394 e. The number of benzene rings is 1. The molecule has 1 aromatic carbocycles. The van der Waals surface area contributed by atoms with Gasteiger partial charge in [-0.2, -0.15) is 4.98 Å². The van der Waals surface area contributed by atoms with E-state index in [0.29, 0.717) is 23.2 Å². The second-order valence-corrected chi connectivity index (χ2v) is 4.76. The number of thioether (sulfide) groups is 1. The van der Waals surface area contributed by atoms with Gasteiger partial charge >= 0.3 is 0 Å². The molecule has 0 radical (unpaired) electrons. The summed E-state index contributed by atoms with van der Waals surface area (Å²) in [6.07, 6.45) is -0.702. The van der Waals surface area contributed by atoms with Gasteiger partial charge in [0.2, 0.25) is 11.7 Å². The zero-order valence-electron chi connectivity index (χ0n) is 9.69. The fourth-order valence-corrected chi connectivity index (χ4v) is 2.14. The van der Waals surface area contributed by atoms with Crippen LogP contribution >= 0.6 is 11.8 Å². The van der Waals surface area contributed by atoms with Crippen LogP contribution in [-0.2, 0) is 5.75 Å². The highest BCUT2D eigenvalue weighted by Crippen LogP contribution is 2.17. The molecule has 2 aromatic rings. The standard InChI is InChI=1S/C12H14N2O3S/c15-6-10(16)7-18-8-11-13-12(14-17-11)9-4-2-1-3-5-9/h1-5,10,15-16H,6-8H2. The zero-order chi connectivity index (χ0) is 12.8. The number of aliphatic hydroxyl groups is 2.